The van der Waals surface area contributed by atoms with Crippen molar-refractivity contribution < 1.29 is 9.18 Å². The maximum atomic E-state index is 13.7. The number of piperidine rings is 1. The molecule has 2 aromatic rings. The number of urea groups is 1. The SMILES string of the molecule is CCn1c(C2CCCN(C(=O)Nc3ccccc3F)C2)nn(C)c1=O. The summed E-state index contributed by atoms with van der Waals surface area (Å²) in [6.45, 7) is 3.49. The van der Waals surface area contributed by atoms with Crippen LogP contribution in [0.25, 0.3) is 0 Å². The van der Waals surface area contributed by atoms with Gasteiger partial charge in [0.25, 0.3) is 0 Å². The van der Waals surface area contributed by atoms with Crippen LogP contribution in [-0.4, -0.2) is 38.4 Å². The number of aromatic nitrogens is 3. The lowest BCUT2D eigenvalue weighted by molar-refractivity contribution is 0.190. The van der Waals surface area contributed by atoms with Gasteiger partial charge in [0.1, 0.15) is 11.6 Å². The van der Waals surface area contributed by atoms with E-state index in [1.54, 1.807) is 28.6 Å². The number of hydrogen-bond acceptors (Lipinski definition) is 3. The van der Waals surface area contributed by atoms with Crippen molar-refractivity contribution in [3.63, 3.8) is 0 Å². The van der Waals surface area contributed by atoms with Crippen LogP contribution in [0.3, 0.4) is 0 Å². The van der Waals surface area contributed by atoms with Gasteiger partial charge in [0.2, 0.25) is 0 Å². The van der Waals surface area contributed by atoms with Crippen molar-refractivity contribution in [3.05, 3.63) is 46.4 Å². The Kier molecular flexibility index (Phi) is 4.87. The normalized spacial score (nSPS) is 17.6. The molecule has 0 bridgehead atoms. The minimum atomic E-state index is -0.464. The molecule has 1 aromatic carbocycles. The summed E-state index contributed by atoms with van der Waals surface area (Å²) < 4.78 is 16.7. The number of rotatable bonds is 3. The molecule has 7 nitrogen and oxygen atoms in total. The summed E-state index contributed by atoms with van der Waals surface area (Å²) in [5.74, 6) is 0.237. The predicted molar refractivity (Wildman–Crippen MR) is 92.1 cm³/mol. The molecule has 1 aliphatic rings. The summed E-state index contributed by atoms with van der Waals surface area (Å²) in [4.78, 5) is 26.2. The van der Waals surface area contributed by atoms with E-state index in [-0.39, 0.29) is 23.3 Å². The zero-order valence-corrected chi connectivity index (χ0v) is 14.4. The second kappa shape index (κ2) is 7.08. The molecule has 134 valence electrons. The number of benzene rings is 1. The van der Waals surface area contributed by atoms with Gasteiger partial charge in [-0.3, -0.25) is 4.57 Å². The Hall–Kier alpha value is -2.64. The number of hydrogen-bond donors (Lipinski definition) is 1. The zero-order chi connectivity index (χ0) is 18.0. The molecule has 2 heterocycles. The summed E-state index contributed by atoms with van der Waals surface area (Å²) in [5.41, 5.74) is 0.0170. The predicted octanol–water partition coefficient (Wildman–Crippen LogP) is 2.15. The first-order valence-electron chi connectivity index (χ1n) is 8.45. The van der Waals surface area contributed by atoms with Gasteiger partial charge in [0, 0.05) is 32.6 Å². The number of halogens is 1. The Balaban J connectivity index is 1.75. The highest BCUT2D eigenvalue weighted by atomic mass is 19.1. The standard InChI is InChI=1S/C17H22FN5O2/c1-3-23-15(20-21(2)17(23)25)12-7-6-10-22(11-12)16(24)19-14-9-5-4-8-13(14)18/h4-5,8-9,12H,3,6-7,10-11H2,1-2H3,(H,19,24). The molecule has 1 aromatic heterocycles. The van der Waals surface area contributed by atoms with E-state index in [1.165, 1.54) is 16.8 Å². The van der Waals surface area contributed by atoms with Crippen LogP contribution in [0, 0.1) is 5.82 Å². The highest BCUT2D eigenvalue weighted by Crippen LogP contribution is 2.25. The average molecular weight is 347 g/mol. The molecule has 3 rings (SSSR count). The number of aryl methyl sites for hydroxylation is 1. The monoisotopic (exact) mass is 347 g/mol. The molecule has 1 aliphatic heterocycles. The number of anilines is 1. The third kappa shape index (κ3) is 3.42. The summed E-state index contributed by atoms with van der Waals surface area (Å²) >= 11 is 0. The average Bonchev–Trinajstić information content (AvgIpc) is 2.91. The maximum Gasteiger partial charge on any atom is 0.345 e. The molecule has 1 N–H and O–H groups in total. The zero-order valence-electron chi connectivity index (χ0n) is 14.4. The van der Waals surface area contributed by atoms with Gasteiger partial charge in [0.05, 0.1) is 5.69 Å². The van der Waals surface area contributed by atoms with Crippen molar-refractivity contribution in [2.45, 2.75) is 32.2 Å². The fourth-order valence-corrected chi connectivity index (χ4v) is 3.25. The number of para-hydroxylation sites is 1. The molecular weight excluding hydrogens is 325 g/mol. The van der Waals surface area contributed by atoms with Gasteiger partial charge in [0.15, 0.2) is 0 Å². The van der Waals surface area contributed by atoms with Gasteiger partial charge >= 0.3 is 11.7 Å². The lowest BCUT2D eigenvalue weighted by Crippen LogP contribution is -2.42. The molecule has 0 saturated carbocycles. The second-order valence-electron chi connectivity index (χ2n) is 6.20. The highest BCUT2D eigenvalue weighted by molar-refractivity contribution is 5.89. The highest BCUT2D eigenvalue weighted by Gasteiger charge is 2.29. The van der Waals surface area contributed by atoms with E-state index < -0.39 is 5.82 Å². The van der Waals surface area contributed by atoms with Gasteiger partial charge in [-0.15, -0.1) is 0 Å². The quantitative estimate of drug-likeness (QED) is 0.925. The second-order valence-corrected chi connectivity index (χ2v) is 6.20. The van der Waals surface area contributed by atoms with Gasteiger partial charge in [-0.05, 0) is 31.9 Å². The third-order valence-electron chi connectivity index (χ3n) is 4.54. The third-order valence-corrected chi connectivity index (χ3v) is 4.54. The van der Waals surface area contributed by atoms with Crippen LogP contribution in [-0.2, 0) is 13.6 Å². The minimum Gasteiger partial charge on any atom is -0.324 e. The molecule has 1 atom stereocenters. The van der Waals surface area contributed by atoms with Gasteiger partial charge in [-0.2, -0.15) is 5.10 Å². The first kappa shape index (κ1) is 17.2. The molecule has 0 spiro atoms. The van der Waals surface area contributed by atoms with Crippen molar-refractivity contribution in [2.75, 3.05) is 18.4 Å². The largest absolute Gasteiger partial charge is 0.345 e. The maximum absolute atomic E-state index is 13.7. The minimum absolute atomic E-state index is 0.00558. The van der Waals surface area contributed by atoms with Gasteiger partial charge in [-0.1, -0.05) is 12.1 Å². The van der Waals surface area contributed by atoms with Crippen LogP contribution in [0.1, 0.15) is 31.5 Å². The van der Waals surface area contributed by atoms with E-state index in [1.807, 2.05) is 6.92 Å². The van der Waals surface area contributed by atoms with Crippen LogP contribution >= 0.6 is 0 Å². The van der Waals surface area contributed by atoms with E-state index in [0.29, 0.717) is 25.5 Å². The van der Waals surface area contributed by atoms with Crippen LogP contribution in [0.15, 0.2) is 29.1 Å². The van der Waals surface area contributed by atoms with Crippen molar-refractivity contribution >= 4 is 11.7 Å². The number of carbonyl (C=O) groups is 1. The molecule has 1 unspecified atom stereocenters. The molecule has 1 saturated heterocycles. The van der Waals surface area contributed by atoms with E-state index >= 15 is 0 Å². The van der Waals surface area contributed by atoms with Crippen LogP contribution in [0.2, 0.25) is 0 Å². The molecule has 0 radical (unpaired) electrons. The number of nitrogens with zero attached hydrogens (tertiary/aromatic N) is 4. The summed E-state index contributed by atoms with van der Waals surface area (Å²) in [5, 5.41) is 6.96. The van der Waals surface area contributed by atoms with E-state index in [4.69, 9.17) is 0 Å². The van der Waals surface area contributed by atoms with Crippen LogP contribution < -0.4 is 11.0 Å². The number of carbonyl (C=O) groups excluding carboxylic acids is 1. The number of amides is 2. The van der Waals surface area contributed by atoms with Crippen molar-refractivity contribution in [1.29, 1.82) is 0 Å². The topological polar surface area (TPSA) is 72.2 Å². The molecular formula is C17H22FN5O2. The van der Waals surface area contributed by atoms with Gasteiger partial charge in [-0.25, -0.2) is 18.7 Å². The van der Waals surface area contributed by atoms with Crippen LogP contribution in [0.4, 0.5) is 14.9 Å². The Morgan fingerprint density at radius 2 is 2.16 bits per heavy atom. The molecule has 8 heteroatoms. The summed E-state index contributed by atoms with van der Waals surface area (Å²) in [6.07, 6.45) is 1.67. The summed E-state index contributed by atoms with van der Waals surface area (Å²) in [6, 6.07) is 5.75. The molecule has 0 aliphatic carbocycles. The first-order chi connectivity index (χ1) is 12.0. The smallest absolute Gasteiger partial charge is 0.324 e. The van der Waals surface area contributed by atoms with E-state index in [0.717, 1.165) is 12.8 Å². The summed E-state index contributed by atoms with van der Waals surface area (Å²) in [7, 11) is 1.63. The van der Waals surface area contributed by atoms with Crippen LogP contribution in [0.5, 0.6) is 0 Å². The van der Waals surface area contributed by atoms with Crippen molar-refractivity contribution in [3.8, 4) is 0 Å². The first-order valence-corrected chi connectivity index (χ1v) is 8.45. The fourth-order valence-electron chi connectivity index (χ4n) is 3.25. The Bertz CT molecular complexity index is 829. The molecule has 1 fully saturated rings. The Morgan fingerprint density at radius 3 is 2.88 bits per heavy atom. The lowest BCUT2D eigenvalue weighted by Gasteiger charge is -2.32. The van der Waals surface area contributed by atoms with Gasteiger partial charge < -0.3 is 10.2 Å². The Morgan fingerprint density at radius 1 is 1.40 bits per heavy atom. The van der Waals surface area contributed by atoms with E-state index in [9.17, 15) is 14.0 Å². The van der Waals surface area contributed by atoms with Crippen molar-refractivity contribution in [2.24, 2.45) is 7.05 Å². The lowest BCUT2D eigenvalue weighted by atomic mass is 9.97. The molecule has 2 amide bonds. The number of nitrogens with one attached hydrogen (secondary N) is 1. The fraction of sp³-hybridized carbons (Fsp3) is 0.471. The number of likely N-dealkylation sites (tertiary alicyclic amines) is 1. The Labute approximate surface area is 145 Å². The van der Waals surface area contributed by atoms with Crippen molar-refractivity contribution in [1.82, 2.24) is 19.2 Å². The van der Waals surface area contributed by atoms with E-state index in [2.05, 4.69) is 10.4 Å². The molecule has 25 heavy (non-hydrogen) atoms.